The average molecular weight is 274 g/mol. The van der Waals surface area contributed by atoms with E-state index in [9.17, 15) is 23.8 Å². The molecule has 3 nitrogen and oxygen atoms in total. The average Bonchev–Trinajstić information content (AvgIpc) is 2.24. The quantitative estimate of drug-likeness (QED) is 0.828. The van der Waals surface area contributed by atoms with E-state index in [1.165, 1.54) is 12.1 Å². The minimum absolute atomic E-state index is 0.170. The number of benzene rings is 1. The zero-order chi connectivity index (χ0) is 13.3. The van der Waals surface area contributed by atoms with Gasteiger partial charge >= 0.3 is 5.97 Å². The van der Waals surface area contributed by atoms with Gasteiger partial charge in [0, 0.05) is 4.90 Å². The molecule has 0 amide bonds. The van der Waals surface area contributed by atoms with Crippen molar-refractivity contribution in [3.8, 4) is 0 Å². The second-order valence-corrected chi connectivity index (χ2v) is 5.42. The Morgan fingerprint density at radius 3 is 2.28 bits per heavy atom. The summed E-state index contributed by atoms with van der Waals surface area (Å²) in [5.74, 6) is -3.48. The third-order valence-corrected chi connectivity index (χ3v) is 3.93. The number of carbonyl (C=O) groups is 1. The summed E-state index contributed by atoms with van der Waals surface area (Å²) < 4.78 is 24.3. The molecule has 98 valence electrons. The van der Waals surface area contributed by atoms with E-state index in [0.717, 1.165) is 0 Å². The first-order valence-electron chi connectivity index (χ1n) is 5.41. The van der Waals surface area contributed by atoms with Gasteiger partial charge in [0.1, 0.15) is 0 Å². The standard InChI is InChI=1S/C12H12F2O3S/c13-11(14)18-9-3-1-7(2-4-9)12(10(16)17)5-8(15)6-12/h1-4,8,11,15H,5-6H2,(H,16,17). The van der Waals surface area contributed by atoms with Gasteiger partial charge in [-0.05, 0) is 30.5 Å². The maximum atomic E-state index is 12.1. The Balaban J connectivity index is 2.20. The number of aliphatic hydroxyl groups excluding tert-OH is 1. The zero-order valence-corrected chi connectivity index (χ0v) is 10.2. The van der Waals surface area contributed by atoms with Gasteiger partial charge in [-0.2, -0.15) is 8.78 Å². The maximum absolute atomic E-state index is 12.1. The van der Waals surface area contributed by atoms with Crippen LogP contribution < -0.4 is 0 Å². The van der Waals surface area contributed by atoms with Gasteiger partial charge in [0.05, 0.1) is 11.5 Å². The first kappa shape index (κ1) is 13.3. The van der Waals surface area contributed by atoms with Crippen molar-refractivity contribution in [3.63, 3.8) is 0 Å². The second-order valence-electron chi connectivity index (χ2n) is 4.35. The third kappa shape index (κ3) is 2.35. The van der Waals surface area contributed by atoms with Crippen molar-refractivity contribution in [3.05, 3.63) is 29.8 Å². The molecular formula is C12H12F2O3S. The number of carboxylic acids is 1. The summed E-state index contributed by atoms with van der Waals surface area (Å²) in [5, 5.41) is 18.5. The van der Waals surface area contributed by atoms with Crippen LogP contribution in [0.4, 0.5) is 8.78 Å². The predicted octanol–water partition coefficient (Wildman–Crippen LogP) is 2.48. The fourth-order valence-corrected chi connectivity index (χ4v) is 2.73. The van der Waals surface area contributed by atoms with Crippen molar-refractivity contribution >= 4 is 17.7 Å². The van der Waals surface area contributed by atoms with E-state index in [1.807, 2.05) is 0 Å². The molecule has 1 aromatic carbocycles. The van der Waals surface area contributed by atoms with Crippen LogP contribution in [0.5, 0.6) is 0 Å². The minimum Gasteiger partial charge on any atom is -0.481 e. The van der Waals surface area contributed by atoms with Crippen LogP contribution in [0.25, 0.3) is 0 Å². The Morgan fingerprint density at radius 2 is 1.89 bits per heavy atom. The van der Waals surface area contributed by atoms with Crippen LogP contribution in [-0.2, 0) is 10.2 Å². The normalized spacial score (nSPS) is 27.0. The van der Waals surface area contributed by atoms with Gasteiger partial charge in [0.15, 0.2) is 0 Å². The van der Waals surface area contributed by atoms with Crippen molar-refractivity contribution in [1.82, 2.24) is 0 Å². The topological polar surface area (TPSA) is 57.5 Å². The SMILES string of the molecule is O=C(O)C1(c2ccc(SC(F)F)cc2)CC(O)C1. The number of carboxylic acid groups (broad SMARTS) is 1. The fourth-order valence-electron chi connectivity index (χ4n) is 2.23. The molecule has 18 heavy (non-hydrogen) atoms. The van der Waals surface area contributed by atoms with Crippen LogP contribution in [0.2, 0.25) is 0 Å². The molecule has 1 aliphatic carbocycles. The Labute approximate surface area is 107 Å². The van der Waals surface area contributed by atoms with Crippen molar-refractivity contribution in [1.29, 1.82) is 0 Å². The van der Waals surface area contributed by atoms with Gasteiger partial charge in [-0.1, -0.05) is 23.9 Å². The predicted molar refractivity (Wildman–Crippen MR) is 62.9 cm³/mol. The Kier molecular flexibility index (Phi) is 3.59. The lowest BCUT2D eigenvalue weighted by atomic mass is 9.63. The Bertz CT molecular complexity index is 441. The summed E-state index contributed by atoms with van der Waals surface area (Å²) in [5.41, 5.74) is -0.508. The molecule has 0 spiro atoms. The highest BCUT2D eigenvalue weighted by Crippen LogP contribution is 2.44. The molecule has 2 N–H and O–H groups in total. The van der Waals surface area contributed by atoms with Gasteiger partial charge in [0.2, 0.25) is 0 Å². The van der Waals surface area contributed by atoms with Crippen LogP contribution >= 0.6 is 11.8 Å². The number of aliphatic carboxylic acids is 1. The summed E-state index contributed by atoms with van der Waals surface area (Å²) in [7, 11) is 0. The van der Waals surface area contributed by atoms with Crippen molar-refractivity contribution in [2.45, 2.75) is 35.0 Å². The van der Waals surface area contributed by atoms with Crippen molar-refractivity contribution < 1.29 is 23.8 Å². The number of thioether (sulfide) groups is 1. The number of halogens is 2. The monoisotopic (exact) mass is 274 g/mol. The number of rotatable bonds is 4. The molecular weight excluding hydrogens is 262 g/mol. The second kappa shape index (κ2) is 4.85. The van der Waals surface area contributed by atoms with Crippen LogP contribution in [0.3, 0.4) is 0 Å². The molecule has 0 aromatic heterocycles. The molecule has 1 aliphatic rings. The van der Waals surface area contributed by atoms with E-state index in [0.29, 0.717) is 22.2 Å². The Hall–Kier alpha value is -1.14. The van der Waals surface area contributed by atoms with Crippen LogP contribution in [0, 0.1) is 0 Å². The lowest BCUT2D eigenvalue weighted by Crippen LogP contribution is -2.50. The Morgan fingerprint density at radius 1 is 1.33 bits per heavy atom. The molecule has 0 saturated heterocycles. The lowest BCUT2D eigenvalue weighted by Gasteiger charge is -2.42. The van der Waals surface area contributed by atoms with Crippen LogP contribution in [0.1, 0.15) is 18.4 Å². The van der Waals surface area contributed by atoms with Gasteiger partial charge < -0.3 is 10.2 Å². The molecule has 6 heteroatoms. The highest BCUT2D eigenvalue weighted by Gasteiger charge is 2.51. The number of aliphatic hydroxyl groups is 1. The summed E-state index contributed by atoms with van der Waals surface area (Å²) in [6, 6.07) is 6.07. The first-order chi connectivity index (χ1) is 8.44. The lowest BCUT2D eigenvalue weighted by molar-refractivity contribution is -0.152. The molecule has 2 rings (SSSR count). The van der Waals surface area contributed by atoms with Gasteiger partial charge in [-0.15, -0.1) is 0 Å². The summed E-state index contributed by atoms with van der Waals surface area (Å²) in [4.78, 5) is 11.7. The highest BCUT2D eigenvalue weighted by atomic mass is 32.2. The summed E-state index contributed by atoms with van der Waals surface area (Å²) in [6.45, 7) is 0. The molecule has 0 radical (unpaired) electrons. The van der Waals surface area contributed by atoms with E-state index in [4.69, 9.17) is 0 Å². The molecule has 1 fully saturated rings. The third-order valence-electron chi connectivity index (χ3n) is 3.21. The van der Waals surface area contributed by atoms with Gasteiger partial charge in [-0.3, -0.25) is 4.79 Å². The number of hydrogen-bond acceptors (Lipinski definition) is 3. The largest absolute Gasteiger partial charge is 0.481 e. The van der Waals surface area contributed by atoms with E-state index < -0.39 is 23.2 Å². The minimum atomic E-state index is -2.49. The van der Waals surface area contributed by atoms with Crippen molar-refractivity contribution in [2.24, 2.45) is 0 Å². The summed E-state index contributed by atoms with van der Waals surface area (Å²) in [6.07, 6.45) is -0.260. The fraction of sp³-hybridized carbons (Fsp3) is 0.417. The molecule has 0 bridgehead atoms. The highest BCUT2D eigenvalue weighted by molar-refractivity contribution is 7.99. The van der Waals surface area contributed by atoms with Gasteiger partial charge in [0.25, 0.3) is 5.76 Å². The molecule has 0 unspecified atom stereocenters. The van der Waals surface area contributed by atoms with E-state index in [2.05, 4.69) is 0 Å². The van der Waals surface area contributed by atoms with Gasteiger partial charge in [-0.25, -0.2) is 0 Å². The molecule has 0 atom stereocenters. The summed E-state index contributed by atoms with van der Waals surface area (Å²) >= 11 is 0.422. The molecule has 1 saturated carbocycles. The van der Waals surface area contributed by atoms with Crippen LogP contribution in [-0.4, -0.2) is 28.0 Å². The molecule has 0 aliphatic heterocycles. The number of alkyl halides is 2. The number of hydrogen-bond donors (Lipinski definition) is 2. The van der Waals surface area contributed by atoms with E-state index in [-0.39, 0.29) is 12.8 Å². The maximum Gasteiger partial charge on any atom is 0.314 e. The van der Waals surface area contributed by atoms with Crippen LogP contribution in [0.15, 0.2) is 29.2 Å². The van der Waals surface area contributed by atoms with E-state index >= 15 is 0 Å². The smallest absolute Gasteiger partial charge is 0.314 e. The van der Waals surface area contributed by atoms with Crippen molar-refractivity contribution in [2.75, 3.05) is 0 Å². The van der Waals surface area contributed by atoms with E-state index in [1.54, 1.807) is 12.1 Å². The molecule has 0 heterocycles. The molecule has 1 aromatic rings. The zero-order valence-electron chi connectivity index (χ0n) is 9.35. The first-order valence-corrected chi connectivity index (χ1v) is 6.29.